The SMILES string of the molecule is CCC1=C[C@@H]2[C@H](C1)C[C@@H]2CC(=O)O. The molecule has 0 bridgehead atoms. The molecule has 2 rings (SSSR count). The van der Waals surface area contributed by atoms with Crippen LogP contribution in [-0.4, -0.2) is 11.1 Å². The Hall–Kier alpha value is -0.790. The van der Waals surface area contributed by atoms with Crippen LogP contribution in [0.25, 0.3) is 0 Å². The summed E-state index contributed by atoms with van der Waals surface area (Å²) in [6.45, 7) is 2.18. The molecule has 0 aromatic rings. The molecule has 0 saturated heterocycles. The standard InChI is InChI=1S/C11H16O2/c1-2-7-3-8-5-9(6-11(12)13)10(8)4-7/h4,8-10H,2-3,5-6H2,1H3,(H,12,13)/t8-,9-,10-/m1/s1. The largest absolute Gasteiger partial charge is 0.481 e. The average molecular weight is 180 g/mol. The average Bonchev–Trinajstić information content (AvgIpc) is 2.38. The minimum Gasteiger partial charge on any atom is -0.481 e. The Morgan fingerprint density at radius 3 is 3.08 bits per heavy atom. The first-order valence-electron chi connectivity index (χ1n) is 5.12. The van der Waals surface area contributed by atoms with Crippen LogP contribution in [0.1, 0.15) is 32.6 Å². The van der Waals surface area contributed by atoms with Crippen LogP contribution in [-0.2, 0) is 4.79 Å². The monoisotopic (exact) mass is 180 g/mol. The predicted molar refractivity (Wildman–Crippen MR) is 50.3 cm³/mol. The molecular weight excluding hydrogens is 164 g/mol. The summed E-state index contributed by atoms with van der Waals surface area (Å²) in [6, 6.07) is 0. The molecule has 0 unspecified atom stereocenters. The molecule has 1 N–H and O–H groups in total. The highest BCUT2D eigenvalue weighted by Gasteiger charge is 2.43. The van der Waals surface area contributed by atoms with Gasteiger partial charge >= 0.3 is 5.97 Å². The fraction of sp³-hybridized carbons (Fsp3) is 0.727. The van der Waals surface area contributed by atoms with E-state index in [9.17, 15) is 4.79 Å². The fourth-order valence-corrected chi connectivity index (χ4v) is 2.77. The first kappa shape index (κ1) is 8.79. The van der Waals surface area contributed by atoms with Gasteiger partial charge in [-0.25, -0.2) is 0 Å². The lowest BCUT2D eigenvalue weighted by Gasteiger charge is -2.39. The number of hydrogen-bond acceptors (Lipinski definition) is 1. The molecule has 0 spiro atoms. The second-order valence-electron chi connectivity index (χ2n) is 4.31. The van der Waals surface area contributed by atoms with Crippen molar-refractivity contribution < 1.29 is 9.90 Å². The number of fused-ring (bicyclic) bond motifs is 1. The van der Waals surface area contributed by atoms with E-state index in [-0.39, 0.29) is 0 Å². The lowest BCUT2D eigenvalue weighted by Crippen LogP contribution is -2.34. The van der Waals surface area contributed by atoms with Gasteiger partial charge < -0.3 is 5.11 Å². The molecule has 72 valence electrons. The Bertz CT molecular complexity index is 255. The maximum absolute atomic E-state index is 10.5. The number of carbonyl (C=O) groups is 1. The molecule has 0 amide bonds. The lowest BCUT2D eigenvalue weighted by atomic mass is 9.65. The number of carboxylic acid groups (broad SMARTS) is 1. The van der Waals surface area contributed by atoms with Crippen molar-refractivity contribution in [3.05, 3.63) is 11.6 Å². The van der Waals surface area contributed by atoms with Crippen LogP contribution in [0.3, 0.4) is 0 Å². The summed E-state index contributed by atoms with van der Waals surface area (Å²) in [4.78, 5) is 10.5. The van der Waals surface area contributed by atoms with E-state index in [4.69, 9.17) is 5.11 Å². The Balaban J connectivity index is 1.93. The number of aliphatic carboxylic acids is 1. The molecule has 3 atom stereocenters. The Morgan fingerprint density at radius 1 is 1.69 bits per heavy atom. The molecule has 0 heterocycles. The lowest BCUT2D eigenvalue weighted by molar-refractivity contribution is -0.139. The minimum atomic E-state index is -0.637. The minimum absolute atomic E-state index is 0.370. The maximum Gasteiger partial charge on any atom is 0.303 e. The molecule has 0 aromatic heterocycles. The van der Waals surface area contributed by atoms with E-state index < -0.39 is 5.97 Å². The van der Waals surface area contributed by atoms with Gasteiger partial charge in [-0.15, -0.1) is 0 Å². The normalized spacial score (nSPS) is 36.4. The maximum atomic E-state index is 10.5. The van der Waals surface area contributed by atoms with Crippen LogP contribution in [0.15, 0.2) is 11.6 Å². The van der Waals surface area contributed by atoms with Crippen molar-refractivity contribution in [3.63, 3.8) is 0 Å². The van der Waals surface area contributed by atoms with Crippen molar-refractivity contribution in [2.24, 2.45) is 17.8 Å². The molecular formula is C11H16O2. The highest BCUT2D eigenvalue weighted by atomic mass is 16.4. The van der Waals surface area contributed by atoms with Crippen LogP contribution in [0.2, 0.25) is 0 Å². The number of allylic oxidation sites excluding steroid dienone is 2. The van der Waals surface area contributed by atoms with Gasteiger partial charge in [-0.3, -0.25) is 4.79 Å². The van der Waals surface area contributed by atoms with Crippen molar-refractivity contribution >= 4 is 5.97 Å². The quantitative estimate of drug-likeness (QED) is 0.677. The van der Waals surface area contributed by atoms with E-state index in [0.717, 1.165) is 18.8 Å². The Labute approximate surface area is 78.6 Å². The summed E-state index contributed by atoms with van der Waals surface area (Å²) in [5.41, 5.74) is 1.54. The van der Waals surface area contributed by atoms with E-state index >= 15 is 0 Å². The van der Waals surface area contributed by atoms with Gasteiger partial charge in [0.2, 0.25) is 0 Å². The van der Waals surface area contributed by atoms with E-state index in [2.05, 4.69) is 13.0 Å². The van der Waals surface area contributed by atoms with Crippen LogP contribution in [0.5, 0.6) is 0 Å². The number of hydrogen-bond donors (Lipinski definition) is 1. The van der Waals surface area contributed by atoms with Crippen molar-refractivity contribution in [3.8, 4) is 0 Å². The van der Waals surface area contributed by atoms with Gasteiger partial charge in [-0.05, 0) is 37.0 Å². The van der Waals surface area contributed by atoms with E-state index in [1.54, 1.807) is 5.57 Å². The van der Waals surface area contributed by atoms with E-state index in [1.807, 2.05) is 0 Å². The highest BCUT2D eigenvalue weighted by molar-refractivity contribution is 5.67. The third kappa shape index (κ3) is 1.50. The Kier molecular flexibility index (Phi) is 2.14. The zero-order valence-electron chi connectivity index (χ0n) is 7.99. The molecule has 1 saturated carbocycles. The van der Waals surface area contributed by atoms with Crippen LogP contribution >= 0.6 is 0 Å². The van der Waals surface area contributed by atoms with E-state index in [1.165, 1.54) is 6.42 Å². The zero-order chi connectivity index (χ0) is 9.42. The van der Waals surface area contributed by atoms with Crippen molar-refractivity contribution in [1.29, 1.82) is 0 Å². The summed E-state index contributed by atoms with van der Waals surface area (Å²) < 4.78 is 0. The van der Waals surface area contributed by atoms with Crippen molar-refractivity contribution in [2.45, 2.75) is 32.6 Å². The molecule has 2 nitrogen and oxygen atoms in total. The summed E-state index contributed by atoms with van der Waals surface area (Å²) >= 11 is 0. The first-order chi connectivity index (χ1) is 6.20. The zero-order valence-corrected chi connectivity index (χ0v) is 7.99. The molecule has 0 aromatic carbocycles. The number of carboxylic acids is 1. The smallest absolute Gasteiger partial charge is 0.303 e. The second-order valence-corrected chi connectivity index (χ2v) is 4.31. The van der Waals surface area contributed by atoms with Crippen molar-refractivity contribution in [2.75, 3.05) is 0 Å². The highest BCUT2D eigenvalue weighted by Crippen LogP contribution is 2.51. The summed E-state index contributed by atoms with van der Waals surface area (Å²) in [7, 11) is 0. The van der Waals surface area contributed by atoms with Gasteiger partial charge in [0.25, 0.3) is 0 Å². The topological polar surface area (TPSA) is 37.3 Å². The van der Waals surface area contributed by atoms with Gasteiger partial charge in [-0.2, -0.15) is 0 Å². The predicted octanol–water partition coefficient (Wildman–Crippen LogP) is 2.45. The molecule has 0 radical (unpaired) electrons. The summed E-state index contributed by atoms with van der Waals surface area (Å²) in [6.07, 6.45) is 6.22. The van der Waals surface area contributed by atoms with Gasteiger partial charge in [0.15, 0.2) is 0 Å². The summed E-state index contributed by atoms with van der Waals surface area (Å²) in [5.74, 6) is 1.19. The van der Waals surface area contributed by atoms with Gasteiger partial charge in [0.05, 0.1) is 0 Å². The van der Waals surface area contributed by atoms with Crippen LogP contribution in [0, 0.1) is 17.8 Å². The first-order valence-corrected chi connectivity index (χ1v) is 5.12. The molecule has 2 heteroatoms. The van der Waals surface area contributed by atoms with Crippen LogP contribution < -0.4 is 0 Å². The van der Waals surface area contributed by atoms with Crippen molar-refractivity contribution in [1.82, 2.24) is 0 Å². The third-order valence-corrected chi connectivity index (χ3v) is 3.54. The third-order valence-electron chi connectivity index (χ3n) is 3.54. The van der Waals surface area contributed by atoms with Gasteiger partial charge in [-0.1, -0.05) is 18.6 Å². The molecule has 0 aliphatic heterocycles. The molecule has 2 aliphatic rings. The second kappa shape index (κ2) is 3.17. The molecule has 1 fully saturated rings. The Morgan fingerprint density at radius 2 is 2.46 bits per heavy atom. The van der Waals surface area contributed by atoms with Gasteiger partial charge in [0.1, 0.15) is 0 Å². The number of rotatable bonds is 3. The fourth-order valence-electron chi connectivity index (χ4n) is 2.77. The van der Waals surface area contributed by atoms with Gasteiger partial charge in [0, 0.05) is 6.42 Å². The van der Waals surface area contributed by atoms with Crippen LogP contribution in [0.4, 0.5) is 0 Å². The van der Waals surface area contributed by atoms with E-state index in [0.29, 0.717) is 18.3 Å². The molecule has 2 aliphatic carbocycles. The summed E-state index contributed by atoms with van der Waals surface area (Å²) in [5, 5.41) is 8.67. The molecule has 13 heavy (non-hydrogen) atoms.